The van der Waals surface area contributed by atoms with Crippen LogP contribution in [0.3, 0.4) is 0 Å². The van der Waals surface area contributed by atoms with Crippen molar-refractivity contribution in [2.75, 3.05) is 16.8 Å². The highest BCUT2D eigenvalue weighted by atomic mass is 32.1. The highest BCUT2D eigenvalue weighted by molar-refractivity contribution is 7.84. The number of likely N-dealkylation sites (N-methyl/N-ethyl adjacent to an activating group) is 1. The molecule has 0 saturated heterocycles. The molecular weight excluding hydrogens is 504 g/mol. The lowest BCUT2D eigenvalue weighted by molar-refractivity contribution is 0.330. The third-order valence-corrected chi connectivity index (χ3v) is 10.1. The van der Waals surface area contributed by atoms with E-state index in [4.69, 9.17) is 12.6 Å². The van der Waals surface area contributed by atoms with Crippen molar-refractivity contribution in [1.82, 2.24) is 0 Å². The molecular formula is C37H48N2S. The van der Waals surface area contributed by atoms with Gasteiger partial charge in [0, 0.05) is 30.5 Å². The molecule has 6 unspecified atom stereocenters. The quantitative estimate of drug-likeness (QED) is 0.253. The Morgan fingerprint density at radius 2 is 1.90 bits per heavy atom. The highest BCUT2D eigenvalue weighted by Crippen LogP contribution is 2.52. The van der Waals surface area contributed by atoms with Crippen LogP contribution in [-0.4, -0.2) is 13.2 Å². The molecule has 3 heteroatoms. The topological polar surface area (TPSA) is 6.48 Å². The van der Waals surface area contributed by atoms with Crippen molar-refractivity contribution in [3.63, 3.8) is 0 Å². The first kappa shape index (κ1) is 28.9. The molecule has 0 bridgehead atoms. The van der Waals surface area contributed by atoms with E-state index in [1.54, 1.807) is 0 Å². The Morgan fingerprint density at radius 1 is 1.12 bits per heavy atom. The van der Waals surface area contributed by atoms with Gasteiger partial charge in [0.1, 0.15) is 6.17 Å². The minimum atomic E-state index is 0.0634. The fourth-order valence-electron chi connectivity index (χ4n) is 7.59. The average molecular weight is 553 g/mol. The first-order valence-electron chi connectivity index (χ1n) is 15.4. The Kier molecular flexibility index (Phi) is 9.00. The Morgan fingerprint density at radius 3 is 2.52 bits per heavy atom. The van der Waals surface area contributed by atoms with Crippen LogP contribution in [0.5, 0.6) is 0 Å². The molecule has 212 valence electrons. The largest absolute Gasteiger partial charge is 0.349 e. The molecule has 0 amide bonds. The Labute approximate surface area is 249 Å². The van der Waals surface area contributed by atoms with Gasteiger partial charge in [0.05, 0.1) is 11.4 Å². The van der Waals surface area contributed by atoms with E-state index >= 15 is 0 Å². The van der Waals surface area contributed by atoms with Crippen LogP contribution in [0.15, 0.2) is 107 Å². The molecule has 40 heavy (non-hydrogen) atoms. The molecule has 1 aromatic rings. The van der Waals surface area contributed by atoms with Gasteiger partial charge in [0.25, 0.3) is 0 Å². The van der Waals surface area contributed by atoms with Crippen molar-refractivity contribution in [3.8, 4) is 0 Å². The van der Waals surface area contributed by atoms with Gasteiger partial charge >= 0.3 is 0 Å². The zero-order chi connectivity index (χ0) is 28.4. The Hall–Kier alpha value is -2.65. The van der Waals surface area contributed by atoms with Crippen molar-refractivity contribution in [1.29, 1.82) is 0 Å². The lowest BCUT2D eigenvalue weighted by Crippen LogP contribution is -2.48. The van der Waals surface area contributed by atoms with Crippen LogP contribution in [0.4, 0.5) is 11.4 Å². The predicted molar refractivity (Wildman–Crippen MR) is 178 cm³/mol. The summed E-state index contributed by atoms with van der Waals surface area (Å²) in [6, 6.07) is 9.04. The normalized spacial score (nSPS) is 28.3. The van der Waals surface area contributed by atoms with Gasteiger partial charge in [-0.1, -0.05) is 86.6 Å². The number of anilines is 2. The van der Waals surface area contributed by atoms with E-state index in [1.807, 2.05) is 0 Å². The summed E-state index contributed by atoms with van der Waals surface area (Å²) < 4.78 is 0. The molecule has 4 aliphatic rings. The minimum absolute atomic E-state index is 0.0634. The van der Waals surface area contributed by atoms with Crippen LogP contribution in [0.1, 0.15) is 66.2 Å². The average Bonchev–Trinajstić information content (AvgIpc) is 3.27. The maximum atomic E-state index is 5.10. The summed E-state index contributed by atoms with van der Waals surface area (Å²) in [6.45, 7) is 13.5. The van der Waals surface area contributed by atoms with E-state index in [2.05, 4.69) is 124 Å². The monoisotopic (exact) mass is 552 g/mol. The summed E-state index contributed by atoms with van der Waals surface area (Å²) in [5.74, 6) is 2.27. The molecule has 3 aliphatic carbocycles. The van der Waals surface area contributed by atoms with Gasteiger partial charge in [-0.25, -0.2) is 0 Å². The van der Waals surface area contributed by atoms with Crippen LogP contribution >= 0.6 is 12.6 Å². The van der Waals surface area contributed by atoms with Crippen LogP contribution in [-0.2, 0) is 0 Å². The van der Waals surface area contributed by atoms with Crippen molar-refractivity contribution in [2.24, 2.45) is 29.6 Å². The van der Waals surface area contributed by atoms with Crippen molar-refractivity contribution >= 4 is 24.0 Å². The third kappa shape index (κ3) is 5.34. The second-order valence-electron chi connectivity index (χ2n) is 12.4. The van der Waals surface area contributed by atoms with Gasteiger partial charge in [0.15, 0.2) is 0 Å². The molecule has 1 aliphatic heterocycles. The predicted octanol–water partition coefficient (Wildman–Crippen LogP) is 10.0. The molecule has 0 saturated carbocycles. The fourth-order valence-corrected chi connectivity index (χ4v) is 7.85. The zero-order valence-electron chi connectivity index (χ0n) is 25.2. The van der Waals surface area contributed by atoms with Crippen LogP contribution in [0, 0.1) is 29.6 Å². The summed E-state index contributed by atoms with van der Waals surface area (Å²) in [7, 11) is 2.28. The Balaban J connectivity index is 1.77. The number of hydrogen-bond donors (Lipinski definition) is 1. The van der Waals surface area contributed by atoms with E-state index in [9.17, 15) is 0 Å². The smallest absolute Gasteiger partial charge is 0.130 e. The number of para-hydroxylation sites is 2. The van der Waals surface area contributed by atoms with Crippen LogP contribution in [0.2, 0.25) is 0 Å². The van der Waals surface area contributed by atoms with Crippen molar-refractivity contribution in [3.05, 3.63) is 107 Å². The maximum Gasteiger partial charge on any atom is 0.130 e. The molecule has 0 fully saturated rings. The first-order chi connectivity index (χ1) is 19.4. The SMILES string of the molecule is C=CC(/C(=C(/C)S)C1N(C)c2ccccc2N1C1=C(C2C=CC=CC2)C=C(C)CC1C1CC=CCC1)C(C)CC. The lowest BCUT2D eigenvalue weighted by atomic mass is 9.71. The molecule has 0 spiro atoms. The van der Waals surface area contributed by atoms with Gasteiger partial charge in [0.2, 0.25) is 0 Å². The molecule has 5 rings (SSSR count). The maximum absolute atomic E-state index is 5.10. The van der Waals surface area contributed by atoms with E-state index < -0.39 is 0 Å². The zero-order valence-corrected chi connectivity index (χ0v) is 26.1. The third-order valence-electron chi connectivity index (χ3n) is 9.81. The molecule has 0 aromatic heterocycles. The number of rotatable bonds is 8. The number of allylic oxidation sites excluding steroid dienone is 12. The van der Waals surface area contributed by atoms with Gasteiger partial charge in [-0.15, -0.1) is 19.2 Å². The molecule has 0 N–H and O–H groups in total. The summed E-state index contributed by atoms with van der Waals surface area (Å²) in [5.41, 5.74) is 8.56. The highest BCUT2D eigenvalue weighted by Gasteiger charge is 2.45. The number of nitrogens with zero attached hydrogens (tertiary/aromatic N) is 2. The van der Waals surface area contributed by atoms with Gasteiger partial charge in [-0.05, 0) is 86.0 Å². The van der Waals surface area contributed by atoms with Crippen LogP contribution < -0.4 is 9.80 Å². The van der Waals surface area contributed by atoms with Gasteiger partial charge in [-0.3, -0.25) is 0 Å². The fraction of sp³-hybridized carbons (Fsp3) is 0.459. The van der Waals surface area contributed by atoms with Gasteiger partial charge in [-0.2, -0.15) is 0 Å². The van der Waals surface area contributed by atoms with E-state index in [0.717, 1.165) is 24.2 Å². The van der Waals surface area contributed by atoms with Crippen molar-refractivity contribution < 1.29 is 0 Å². The number of fused-ring (bicyclic) bond motifs is 1. The molecule has 2 nitrogen and oxygen atoms in total. The molecule has 0 radical (unpaired) electrons. The lowest BCUT2D eigenvalue weighted by Gasteiger charge is -2.45. The standard InChI is InChI=1S/C37H48N2S/c1-7-26(4)30(8-2)35(27(5)40)37-38(6)33-21-15-16-22-34(33)39(37)36-31(28-17-11-9-12-18-28)23-25(3)24-32(36)29-19-13-10-14-20-29/h8-13,15-17,21-23,26,28-30,32,37,40H,2,7,14,18-20,24H2,1,3-6H3/b35-27+. The summed E-state index contributed by atoms with van der Waals surface area (Å²) >= 11 is 5.10. The van der Waals surface area contributed by atoms with Crippen molar-refractivity contribution in [2.45, 2.75) is 72.4 Å². The van der Waals surface area contributed by atoms with E-state index in [0.29, 0.717) is 23.7 Å². The number of thiol groups is 1. The second kappa shape index (κ2) is 12.5. The van der Waals surface area contributed by atoms with E-state index in [1.165, 1.54) is 53.1 Å². The minimum Gasteiger partial charge on any atom is -0.349 e. The molecule has 1 heterocycles. The molecule has 6 atom stereocenters. The summed E-state index contributed by atoms with van der Waals surface area (Å²) in [6.07, 6.45) is 25.7. The van der Waals surface area contributed by atoms with E-state index in [-0.39, 0.29) is 12.1 Å². The second-order valence-corrected chi connectivity index (χ2v) is 13.0. The molecule has 1 aromatic carbocycles. The number of benzene rings is 1. The Bertz CT molecular complexity index is 1290. The summed E-state index contributed by atoms with van der Waals surface area (Å²) in [4.78, 5) is 6.37. The van der Waals surface area contributed by atoms with Crippen LogP contribution in [0.25, 0.3) is 0 Å². The number of hydrogen-bond acceptors (Lipinski definition) is 3. The summed E-state index contributed by atoms with van der Waals surface area (Å²) in [5, 5.41) is 0. The van der Waals surface area contributed by atoms with Gasteiger partial charge < -0.3 is 9.80 Å². The first-order valence-corrected chi connectivity index (χ1v) is 15.8.